The molecule has 1 atom stereocenters. The predicted molar refractivity (Wildman–Crippen MR) is 98.0 cm³/mol. The van der Waals surface area contributed by atoms with Crippen LogP contribution in [0.15, 0.2) is 33.9 Å². The van der Waals surface area contributed by atoms with Gasteiger partial charge in [-0.15, -0.1) is 10.2 Å². The number of para-hydroxylation sites is 1. The van der Waals surface area contributed by atoms with Crippen molar-refractivity contribution in [2.45, 2.75) is 24.5 Å². The fourth-order valence-corrected chi connectivity index (χ4v) is 5.98. The number of aromatic nitrogens is 2. The van der Waals surface area contributed by atoms with Gasteiger partial charge in [0.2, 0.25) is 11.8 Å². The minimum Gasteiger partial charge on any atom is -0.416 e. The number of hydrogen-bond donors (Lipinski definition) is 0. The average Bonchev–Trinajstić information content (AvgIpc) is 3.31. The Balaban J connectivity index is 1.32. The van der Waals surface area contributed by atoms with Crippen LogP contribution >= 0.6 is 11.8 Å². The average molecular weight is 393 g/mol. The van der Waals surface area contributed by atoms with Crippen molar-refractivity contribution < 1.29 is 17.6 Å². The number of amides is 1. The summed E-state index contributed by atoms with van der Waals surface area (Å²) in [6.07, 6.45) is 1.99. The molecule has 7 nitrogen and oxygen atoms in total. The van der Waals surface area contributed by atoms with Crippen molar-refractivity contribution in [3.8, 4) is 0 Å². The van der Waals surface area contributed by atoms with Crippen molar-refractivity contribution in [3.63, 3.8) is 0 Å². The first-order valence-electron chi connectivity index (χ1n) is 8.54. The number of sulfone groups is 1. The highest BCUT2D eigenvalue weighted by Crippen LogP contribution is 2.29. The molecule has 1 aromatic heterocycles. The molecule has 0 bridgehead atoms. The number of nitrogens with zero attached hydrogens (tertiary/aromatic N) is 3. The van der Waals surface area contributed by atoms with Gasteiger partial charge in [0.25, 0.3) is 5.22 Å². The molecule has 1 fully saturated rings. The van der Waals surface area contributed by atoms with E-state index in [1.807, 2.05) is 24.3 Å². The third-order valence-electron chi connectivity index (χ3n) is 4.75. The summed E-state index contributed by atoms with van der Waals surface area (Å²) in [5.41, 5.74) is 2.17. The zero-order valence-electron chi connectivity index (χ0n) is 14.1. The molecule has 1 aromatic carbocycles. The maximum absolute atomic E-state index is 12.5. The third kappa shape index (κ3) is 3.78. The molecule has 2 aromatic rings. The maximum Gasteiger partial charge on any atom is 0.277 e. The van der Waals surface area contributed by atoms with Crippen LogP contribution in [0.4, 0.5) is 5.69 Å². The first-order chi connectivity index (χ1) is 12.5. The number of fused-ring (bicyclic) bond motifs is 1. The van der Waals surface area contributed by atoms with Crippen molar-refractivity contribution in [1.82, 2.24) is 10.2 Å². The fraction of sp³-hybridized carbons (Fsp3) is 0.471. The van der Waals surface area contributed by atoms with E-state index in [-0.39, 0.29) is 29.1 Å². The van der Waals surface area contributed by atoms with Crippen LogP contribution in [0.25, 0.3) is 0 Å². The summed E-state index contributed by atoms with van der Waals surface area (Å²) in [5.74, 6) is 1.15. The first kappa shape index (κ1) is 17.5. The van der Waals surface area contributed by atoms with Gasteiger partial charge in [-0.05, 0) is 30.4 Å². The predicted octanol–water partition coefficient (Wildman–Crippen LogP) is 1.73. The minimum atomic E-state index is -2.91. The molecule has 0 saturated carbocycles. The van der Waals surface area contributed by atoms with E-state index >= 15 is 0 Å². The van der Waals surface area contributed by atoms with Gasteiger partial charge in [0.1, 0.15) is 0 Å². The molecule has 2 aliphatic heterocycles. The summed E-state index contributed by atoms with van der Waals surface area (Å²) >= 11 is 1.22. The second-order valence-electron chi connectivity index (χ2n) is 6.65. The number of carbonyl (C=O) groups is 1. The van der Waals surface area contributed by atoms with E-state index in [1.165, 1.54) is 17.3 Å². The molecule has 26 heavy (non-hydrogen) atoms. The SMILES string of the molecule is O=C(CSc1nnc(C[C@H]2CCS(=O)(=O)C2)o1)N1CCc2ccccc21. The van der Waals surface area contributed by atoms with Gasteiger partial charge in [-0.1, -0.05) is 30.0 Å². The lowest BCUT2D eigenvalue weighted by atomic mass is 10.1. The Morgan fingerprint density at radius 3 is 2.96 bits per heavy atom. The monoisotopic (exact) mass is 393 g/mol. The molecule has 4 rings (SSSR count). The lowest BCUT2D eigenvalue weighted by molar-refractivity contribution is -0.116. The first-order valence-corrected chi connectivity index (χ1v) is 11.3. The van der Waals surface area contributed by atoms with E-state index in [2.05, 4.69) is 10.2 Å². The van der Waals surface area contributed by atoms with Crippen LogP contribution in [-0.4, -0.2) is 48.3 Å². The zero-order valence-corrected chi connectivity index (χ0v) is 15.8. The van der Waals surface area contributed by atoms with Gasteiger partial charge in [-0.2, -0.15) is 0 Å². The molecule has 1 amide bonds. The van der Waals surface area contributed by atoms with Crippen molar-refractivity contribution in [1.29, 1.82) is 0 Å². The van der Waals surface area contributed by atoms with Gasteiger partial charge in [-0.3, -0.25) is 4.79 Å². The Morgan fingerprint density at radius 1 is 1.31 bits per heavy atom. The largest absolute Gasteiger partial charge is 0.416 e. The molecular weight excluding hydrogens is 374 g/mol. The number of anilines is 1. The topological polar surface area (TPSA) is 93.4 Å². The van der Waals surface area contributed by atoms with Crippen LogP contribution in [0.2, 0.25) is 0 Å². The minimum absolute atomic E-state index is 0.0154. The Bertz CT molecular complexity index is 926. The van der Waals surface area contributed by atoms with Crippen LogP contribution < -0.4 is 4.90 Å². The molecule has 0 spiro atoms. The van der Waals surface area contributed by atoms with Crippen molar-refractivity contribution in [3.05, 3.63) is 35.7 Å². The smallest absolute Gasteiger partial charge is 0.277 e. The molecule has 9 heteroatoms. The summed E-state index contributed by atoms with van der Waals surface area (Å²) in [6.45, 7) is 0.698. The normalized spacial score (nSPS) is 21.1. The molecular formula is C17H19N3O4S2. The number of rotatable bonds is 5. The van der Waals surface area contributed by atoms with E-state index in [1.54, 1.807) is 4.90 Å². The number of hydrogen-bond acceptors (Lipinski definition) is 7. The summed E-state index contributed by atoms with van der Waals surface area (Å²) in [5, 5.41) is 8.29. The molecule has 138 valence electrons. The highest BCUT2D eigenvalue weighted by atomic mass is 32.2. The van der Waals surface area contributed by atoms with Crippen LogP contribution in [-0.2, 0) is 27.5 Å². The van der Waals surface area contributed by atoms with Crippen molar-refractivity contribution in [2.75, 3.05) is 28.7 Å². The lowest BCUT2D eigenvalue weighted by Crippen LogP contribution is -2.30. The van der Waals surface area contributed by atoms with Crippen LogP contribution in [0, 0.1) is 5.92 Å². The summed E-state index contributed by atoms with van der Waals surface area (Å²) in [4.78, 5) is 14.3. The zero-order chi connectivity index (χ0) is 18.1. The quantitative estimate of drug-likeness (QED) is 0.714. The molecule has 2 aliphatic rings. The number of carbonyl (C=O) groups excluding carboxylic acids is 1. The van der Waals surface area contributed by atoms with Gasteiger partial charge >= 0.3 is 0 Å². The van der Waals surface area contributed by atoms with E-state index in [0.29, 0.717) is 30.5 Å². The van der Waals surface area contributed by atoms with Gasteiger partial charge in [-0.25, -0.2) is 8.42 Å². The third-order valence-corrected chi connectivity index (χ3v) is 7.39. The Labute approximate surface area is 156 Å². The van der Waals surface area contributed by atoms with Crippen molar-refractivity contribution in [2.24, 2.45) is 5.92 Å². The summed E-state index contributed by atoms with van der Waals surface area (Å²) in [6, 6.07) is 7.93. The molecule has 0 aliphatic carbocycles. The van der Waals surface area contributed by atoms with Gasteiger partial charge < -0.3 is 9.32 Å². The van der Waals surface area contributed by atoms with E-state index in [4.69, 9.17) is 4.42 Å². The fourth-order valence-electron chi connectivity index (χ4n) is 3.46. The van der Waals surface area contributed by atoms with Crippen LogP contribution in [0.1, 0.15) is 17.9 Å². The second-order valence-corrected chi connectivity index (χ2v) is 9.80. The standard InChI is InChI=1S/C17H19N3O4S2/c21-16(20-7-5-13-3-1-2-4-14(13)20)10-25-17-19-18-15(24-17)9-12-6-8-26(22,23)11-12/h1-4,12H,5-11H2/t12-/m1/s1. The van der Waals surface area contributed by atoms with E-state index < -0.39 is 9.84 Å². The second kappa shape index (κ2) is 7.03. The van der Waals surface area contributed by atoms with Gasteiger partial charge in [0.05, 0.1) is 17.3 Å². The molecule has 0 unspecified atom stereocenters. The highest BCUT2D eigenvalue weighted by molar-refractivity contribution is 7.99. The molecule has 3 heterocycles. The number of benzene rings is 1. The van der Waals surface area contributed by atoms with Gasteiger partial charge in [0, 0.05) is 18.7 Å². The number of thioether (sulfide) groups is 1. The van der Waals surface area contributed by atoms with Crippen molar-refractivity contribution >= 4 is 33.2 Å². The summed E-state index contributed by atoms with van der Waals surface area (Å²) < 4.78 is 28.6. The molecule has 1 saturated heterocycles. The Hall–Kier alpha value is -1.87. The van der Waals surface area contributed by atoms with E-state index in [0.717, 1.165) is 12.1 Å². The van der Waals surface area contributed by atoms with E-state index in [9.17, 15) is 13.2 Å². The Kier molecular flexibility index (Phi) is 4.74. The lowest BCUT2D eigenvalue weighted by Gasteiger charge is -2.16. The Morgan fingerprint density at radius 2 is 2.15 bits per heavy atom. The summed E-state index contributed by atoms with van der Waals surface area (Å²) in [7, 11) is -2.91. The molecule has 0 radical (unpaired) electrons. The van der Waals surface area contributed by atoms with Crippen LogP contribution in [0.5, 0.6) is 0 Å². The molecule has 0 N–H and O–H groups in total. The van der Waals surface area contributed by atoms with Gasteiger partial charge in [0.15, 0.2) is 9.84 Å². The highest BCUT2D eigenvalue weighted by Gasteiger charge is 2.29. The van der Waals surface area contributed by atoms with Crippen LogP contribution in [0.3, 0.4) is 0 Å². The maximum atomic E-state index is 12.5.